The van der Waals surface area contributed by atoms with Gasteiger partial charge in [-0.15, -0.1) is 0 Å². The third-order valence-electron chi connectivity index (χ3n) is 2.73. The van der Waals surface area contributed by atoms with Crippen LogP contribution in [0.5, 0.6) is 0 Å². The Morgan fingerprint density at radius 3 is 2.06 bits per heavy atom. The van der Waals surface area contributed by atoms with Gasteiger partial charge in [0.2, 0.25) is 0 Å². The second-order valence-electron chi connectivity index (χ2n) is 3.81. The summed E-state index contributed by atoms with van der Waals surface area (Å²) in [5.41, 5.74) is -0.510. The molecule has 0 aromatic rings. The number of hydrogen-bond acceptors (Lipinski definition) is 5. The second kappa shape index (κ2) is 8.63. The van der Waals surface area contributed by atoms with Gasteiger partial charge in [-0.05, 0) is 13.3 Å². The van der Waals surface area contributed by atoms with E-state index in [0.29, 0.717) is 6.61 Å². The number of unbranched alkanes of at least 4 members (excludes halogenated alkanes) is 2. The molecule has 0 aliphatic carbocycles. The number of carbonyl (C=O) groups is 1. The van der Waals surface area contributed by atoms with E-state index in [4.69, 9.17) is 18.0 Å². The van der Waals surface area contributed by atoms with Crippen LogP contribution in [-0.2, 0) is 22.8 Å². The van der Waals surface area contributed by atoms with Gasteiger partial charge in [-0.3, -0.25) is 4.79 Å². The van der Waals surface area contributed by atoms with Gasteiger partial charge < -0.3 is 18.0 Å². The Bertz CT molecular complexity index is 210. The van der Waals surface area contributed by atoms with Gasteiger partial charge >= 0.3 is 14.8 Å². The summed E-state index contributed by atoms with van der Waals surface area (Å²) in [5, 5.41) is 0. The number of esters is 1. The molecule has 0 aliphatic rings. The summed E-state index contributed by atoms with van der Waals surface area (Å²) in [7, 11) is 1.53. The van der Waals surface area contributed by atoms with Crippen LogP contribution in [-0.4, -0.2) is 42.7 Å². The highest BCUT2D eigenvalue weighted by molar-refractivity contribution is 6.65. The van der Waals surface area contributed by atoms with Crippen LogP contribution in [0.2, 0.25) is 5.54 Å². The first-order valence-corrected chi connectivity index (χ1v) is 7.70. The molecule has 1 atom stereocenters. The topological polar surface area (TPSA) is 54.0 Å². The van der Waals surface area contributed by atoms with E-state index in [9.17, 15) is 4.79 Å². The van der Waals surface area contributed by atoms with E-state index >= 15 is 0 Å². The SMILES string of the molecule is CCCCCOC(=O)C(C)[Si](OC)(OC)OC. The lowest BCUT2D eigenvalue weighted by atomic mass is 10.3. The highest BCUT2D eigenvalue weighted by Crippen LogP contribution is 2.24. The molecule has 0 aromatic carbocycles. The van der Waals surface area contributed by atoms with E-state index < -0.39 is 14.3 Å². The molecular formula is C11H24O5Si. The molecule has 17 heavy (non-hydrogen) atoms. The van der Waals surface area contributed by atoms with E-state index in [-0.39, 0.29) is 5.97 Å². The van der Waals surface area contributed by atoms with E-state index in [1.165, 1.54) is 21.3 Å². The Balaban J connectivity index is 4.26. The van der Waals surface area contributed by atoms with Crippen molar-refractivity contribution >= 4 is 14.8 Å². The van der Waals surface area contributed by atoms with Crippen molar-refractivity contribution in [2.24, 2.45) is 0 Å². The van der Waals surface area contributed by atoms with Crippen molar-refractivity contribution < 1.29 is 22.8 Å². The minimum atomic E-state index is -2.93. The molecule has 0 fully saturated rings. The zero-order chi connectivity index (χ0) is 13.3. The van der Waals surface area contributed by atoms with Gasteiger partial charge in [-0.25, -0.2) is 0 Å². The fraction of sp³-hybridized carbons (Fsp3) is 0.909. The predicted molar refractivity (Wildman–Crippen MR) is 66.7 cm³/mol. The molecule has 0 N–H and O–H groups in total. The maximum Gasteiger partial charge on any atom is 0.514 e. The van der Waals surface area contributed by atoms with Crippen LogP contribution in [0.3, 0.4) is 0 Å². The molecule has 0 bridgehead atoms. The minimum Gasteiger partial charge on any atom is -0.465 e. The molecule has 0 saturated carbocycles. The maximum absolute atomic E-state index is 11.8. The fourth-order valence-electron chi connectivity index (χ4n) is 1.57. The van der Waals surface area contributed by atoms with Crippen molar-refractivity contribution in [3.63, 3.8) is 0 Å². The Labute approximate surface area is 105 Å². The molecule has 0 radical (unpaired) electrons. The third-order valence-corrected chi connectivity index (χ3v) is 5.73. The Morgan fingerprint density at radius 1 is 1.12 bits per heavy atom. The Hall–Kier alpha value is -0.433. The quantitative estimate of drug-likeness (QED) is 0.362. The standard InChI is InChI=1S/C11H24O5Si/c1-6-7-8-9-16-11(12)10(2)17(13-3,14-4)15-5/h10H,6-9H2,1-5H3. The molecule has 0 rings (SSSR count). The van der Waals surface area contributed by atoms with Gasteiger partial charge in [0.25, 0.3) is 0 Å². The van der Waals surface area contributed by atoms with Gasteiger partial charge in [0.15, 0.2) is 0 Å². The summed E-state index contributed by atoms with van der Waals surface area (Å²) < 4.78 is 20.9. The van der Waals surface area contributed by atoms with E-state index in [1.54, 1.807) is 6.92 Å². The van der Waals surface area contributed by atoms with E-state index in [2.05, 4.69) is 6.92 Å². The molecule has 6 heteroatoms. The van der Waals surface area contributed by atoms with Crippen LogP contribution >= 0.6 is 0 Å². The summed E-state index contributed by atoms with van der Waals surface area (Å²) in [5.74, 6) is -0.321. The normalized spacial score (nSPS) is 13.5. The Morgan fingerprint density at radius 2 is 1.65 bits per heavy atom. The predicted octanol–water partition coefficient (Wildman–Crippen LogP) is 1.99. The zero-order valence-corrected chi connectivity index (χ0v) is 12.4. The molecule has 0 aliphatic heterocycles. The number of carbonyl (C=O) groups excluding carboxylic acids is 1. The molecule has 0 spiro atoms. The summed E-state index contributed by atoms with van der Waals surface area (Å²) >= 11 is 0. The summed E-state index contributed by atoms with van der Waals surface area (Å²) in [6.07, 6.45) is 3.04. The maximum atomic E-state index is 11.8. The van der Waals surface area contributed by atoms with Crippen molar-refractivity contribution in [3.05, 3.63) is 0 Å². The first kappa shape index (κ1) is 16.6. The minimum absolute atomic E-state index is 0.321. The average Bonchev–Trinajstić information content (AvgIpc) is 2.37. The fourth-order valence-corrected chi connectivity index (χ4v) is 3.51. The van der Waals surface area contributed by atoms with Gasteiger partial charge in [-0.1, -0.05) is 19.8 Å². The second-order valence-corrected chi connectivity index (χ2v) is 7.11. The van der Waals surface area contributed by atoms with Gasteiger partial charge in [0.1, 0.15) is 5.54 Å². The average molecular weight is 264 g/mol. The van der Waals surface area contributed by atoms with Gasteiger partial charge in [0.05, 0.1) is 6.61 Å². The molecule has 0 saturated heterocycles. The smallest absolute Gasteiger partial charge is 0.465 e. The summed E-state index contributed by atoms with van der Waals surface area (Å²) in [4.78, 5) is 11.8. The van der Waals surface area contributed by atoms with Crippen LogP contribution in [0.1, 0.15) is 33.1 Å². The number of rotatable bonds is 9. The number of hydrogen-bond donors (Lipinski definition) is 0. The lowest BCUT2D eigenvalue weighted by Crippen LogP contribution is -2.49. The highest BCUT2D eigenvalue weighted by atomic mass is 28.4. The van der Waals surface area contributed by atoms with Crippen molar-refractivity contribution in [3.8, 4) is 0 Å². The first-order valence-electron chi connectivity index (χ1n) is 5.90. The molecule has 0 amide bonds. The van der Waals surface area contributed by atoms with E-state index in [0.717, 1.165) is 19.3 Å². The van der Waals surface area contributed by atoms with E-state index in [1.807, 2.05) is 0 Å². The third kappa shape index (κ3) is 4.75. The Kier molecular flexibility index (Phi) is 8.41. The lowest BCUT2D eigenvalue weighted by Gasteiger charge is -2.28. The molecule has 1 unspecified atom stereocenters. The van der Waals surface area contributed by atoms with Gasteiger partial charge in [-0.2, -0.15) is 0 Å². The lowest BCUT2D eigenvalue weighted by molar-refractivity contribution is -0.144. The van der Waals surface area contributed by atoms with Crippen LogP contribution in [0.4, 0.5) is 0 Å². The highest BCUT2D eigenvalue weighted by Gasteiger charge is 2.49. The zero-order valence-electron chi connectivity index (χ0n) is 11.4. The van der Waals surface area contributed by atoms with Crippen LogP contribution < -0.4 is 0 Å². The van der Waals surface area contributed by atoms with Crippen LogP contribution in [0, 0.1) is 0 Å². The largest absolute Gasteiger partial charge is 0.514 e. The van der Waals surface area contributed by atoms with Crippen molar-refractivity contribution in [2.45, 2.75) is 38.7 Å². The van der Waals surface area contributed by atoms with Crippen molar-refractivity contribution in [1.29, 1.82) is 0 Å². The van der Waals surface area contributed by atoms with Crippen molar-refractivity contribution in [2.75, 3.05) is 27.9 Å². The monoisotopic (exact) mass is 264 g/mol. The van der Waals surface area contributed by atoms with Crippen molar-refractivity contribution in [1.82, 2.24) is 0 Å². The number of ether oxygens (including phenoxy) is 1. The molecule has 5 nitrogen and oxygen atoms in total. The molecular weight excluding hydrogens is 240 g/mol. The first-order chi connectivity index (χ1) is 8.07. The molecule has 0 aromatic heterocycles. The summed E-state index contributed by atoms with van der Waals surface area (Å²) in [6, 6.07) is 0. The van der Waals surface area contributed by atoms with Crippen LogP contribution in [0.15, 0.2) is 0 Å². The van der Waals surface area contributed by atoms with Crippen LogP contribution in [0.25, 0.3) is 0 Å². The molecule has 0 heterocycles. The summed E-state index contributed by atoms with van der Waals surface area (Å²) in [6.45, 7) is 4.26. The molecule has 102 valence electrons. The van der Waals surface area contributed by atoms with Gasteiger partial charge in [0, 0.05) is 21.3 Å².